The van der Waals surface area contributed by atoms with Crippen molar-refractivity contribution in [2.24, 2.45) is 0 Å². The molecule has 0 saturated heterocycles. The minimum atomic E-state index is 0. The first-order chi connectivity index (χ1) is 0. The van der Waals surface area contributed by atoms with Crippen LogP contribution in [0.5, 0.6) is 0 Å². The van der Waals surface area contributed by atoms with Gasteiger partial charge < -0.3 is 38.3 Å². The standard InChI is InChI=1S/2Ba.3Cu.7H2O.Sm/h;;;;;7*1H2;. The molecule has 0 aromatic rings. The van der Waals surface area contributed by atoms with Crippen molar-refractivity contribution in [1.82, 2.24) is 0 Å². The number of hydrogen-bond donors (Lipinski definition) is 0. The van der Waals surface area contributed by atoms with E-state index in [4.69, 9.17) is 0 Å². The predicted molar refractivity (Wildman–Crippen MR) is 36.8 cm³/mol. The van der Waals surface area contributed by atoms with Gasteiger partial charge in [0.1, 0.15) is 0 Å². The van der Waals surface area contributed by atoms with Gasteiger partial charge in [-0.3, -0.25) is 0 Å². The molecule has 0 saturated carbocycles. The van der Waals surface area contributed by atoms with E-state index in [1.54, 1.807) is 0 Å². The third kappa shape index (κ3) is 133. The molecule has 0 aliphatic heterocycles. The van der Waals surface area contributed by atoms with E-state index in [0.717, 1.165) is 0 Å². The van der Waals surface area contributed by atoms with Crippen molar-refractivity contribution in [3.8, 4) is 0 Å². The van der Waals surface area contributed by atoms with Gasteiger partial charge in [0.25, 0.3) is 0 Å². The van der Waals surface area contributed by atoms with E-state index in [1.807, 2.05) is 0 Å². The summed E-state index contributed by atoms with van der Waals surface area (Å²) in [5.74, 6) is 0. The van der Waals surface area contributed by atoms with E-state index in [2.05, 4.69) is 0 Å². The summed E-state index contributed by atoms with van der Waals surface area (Å²) in [5.41, 5.74) is 0. The van der Waals surface area contributed by atoms with Crippen LogP contribution in [0.1, 0.15) is 0 Å². The van der Waals surface area contributed by atoms with Gasteiger partial charge in [0.15, 0.2) is 0 Å². The second-order valence-electron chi connectivity index (χ2n) is 0. The Labute approximate surface area is 221 Å². The maximum absolute atomic E-state index is 0. The van der Waals surface area contributed by atoms with Gasteiger partial charge in [0, 0.05) is 189 Å². The summed E-state index contributed by atoms with van der Waals surface area (Å²) < 4.78 is 0. The van der Waals surface area contributed by atoms with Gasteiger partial charge >= 0.3 is 0 Å². The third-order valence-electron chi connectivity index (χ3n) is 0. The maximum atomic E-state index is 0. The van der Waals surface area contributed by atoms with Crippen LogP contribution < -0.4 is 0 Å². The second-order valence-corrected chi connectivity index (χ2v) is 0. The molecule has 0 heterocycles. The van der Waals surface area contributed by atoms with Gasteiger partial charge in [-0.25, -0.2) is 0 Å². The number of rotatable bonds is 0. The maximum Gasteiger partial charge on any atom is 0 e. The van der Waals surface area contributed by atoms with E-state index in [0.29, 0.717) is 0 Å². The molecule has 0 aromatic heterocycles. The predicted octanol–water partition coefficient (Wildman–Crippen LogP) is -6.54. The fourth-order valence-electron chi connectivity index (χ4n) is 0. The van der Waals surface area contributed by atoms with Crippen LogP contribution in [0, 0.1) is 40.4 Å². The van der Waals surface area contributed by atoms with Crippen LogP contribution in [0.4, 0.5) is 0 Å². The monoisotopic (exact) mass is 743 g/mol. The summed E-state index contributed by atoms with van der Waals surface area (Å²) >= 11 is 0. The summed E-state index contributed by atoms with van der Waals surface area (Å²) in [6.07, 6.45) is 0. The van der Waals surface area contributed by atoms with Gasteiger partial charge in [-0.05, 0) is 0 Å². The molecule has 0 amide bonds. The van der Waals surface area contributed by atoms with Crippen LogP contribution >= 0.6 is 0 Å². The van der Waals surface area contributed by atoms with E-state index in [-0.39, 0.29) is 228 Å². The number of hydrogen-bond acceptors (Lipinski definition) is 0. The van der Waals surface area contributed by atoms with Crippen LogP contribution in [-0.2, 0) is 51.2 Å². The summed E-state index contributed by atoms with van der Waals surface area (Å²) in [6.45, 7) is 0. The van der Waals surface area contributed by atoms with E-state index < -0.39 is 0 Å². The van der Waals surface area contributed by atoms with Gasteiger partial charge in [-0.1, -0.05) is 0 Å². The van der Waals surface area contributed by atoms with Crippen molar-refractivity contribution in [2.75, 3.05) is 0 Å². The van der Waals surface area contributed by atoms with Crippen molar-refractivity contribution in [3.63, 3.8) is 0 Å². The van der Waals surface area contributed by atoms with Gasteiger partial charge in [0.2, 0.25) is 0 Å². The first kappa shape index (κ1) is 178. The molecular formula is H14Ba2Cu3O7Sm. The Balaban J connectivity index is 0. The molecule has 0 fully saturated rings. The molecule has 0 rings (SSSR count). The molecule has 13 heteroatoms. The molecule has 13 heavy (non-hydrogen) atoms. The van der Waals surface area contributed by atoms with Crippen LogP contribution in [0.15, 0.2) is 0 Å². The average Bonchev–Trinajstić information content (AvgIpc) is 0. The Morgan fingerprint density at radius 3 is 0.308 bits per heavy atom. The largest absolute Gasteiger partial charge is 0.412 e. The molecule has 0 unspecified atom stereocenters. The molecule has 14 N–H and O–H groups in total. The molecule has 0 bridgehead atoms. The smallest absolute Gasteiger partial charge is 0 e. The molecule has 7 radical (unpaired) electrons. The van der Waals surface area contributed by atoms with Crippen LogP contribution in [0.3, 0.4) is 0 Å². The van der Waals surface area contributed by atoms with Crippen molar-refractivity contribution < 1.29 is 130 Å². The summed E-state index contributed by atoms with van der Waals surface area (Å²) in [6, 6.07) is 0. The van der Waals surface area contributed by atoms with E-state index in [9.17, 15) is 0 Å². The van der Waals surface area contributed by atoms with E-state index >= 15 is 0 Å². The fourth-order valence-corrected chi connectivity index (χ4v) is 0. The van der Waals surface area contributed by atoms with Crippen molar-refractivity contribution in [3.05, 3.63) is 0 Å². The first-order valence-electron chi connectivity index (χ1n) is 0. The Bertz CT molecular complexity index is 21.7. The van der Waals surface area contributed by atoms with E-state index in [1.165, 1.54) is 0 Å². The topological polar surface area (TPSA) is 220 Å². The molecule has 0 aliphatic carbocycles. The molecule has 0 atom stereocenters. The van der Waals surface area contributed by atoms with Crippen molar-refractivity contribution in [1.29, 1.82) is 0 Å². The third-order valence-corrected chi connectivity index (χ3v) is 0. The zero-order valence-corrected chi connectivity index (χ0v) is 20.6. The van der Waals surface area contributed by atoms with Gasteiger partial charge in [-0.2, -0.15) is 0 Å². The summed E-state index contributed by atoms with van der Waals surface area (Å²) in [4.78, 5) is 0. The second kappa shape index (κ2) is 150. The van der Waals surface area contributed by atoms with Crippen molar-refractivity contribution >= 4 is 97.8 Å². The fraction of sp³-hybridized carbons (Fsp3) is 0. The Morgan fingerprint density at radius 2 is 0.308 bits per heavy atom. The first-order valence-corrected chi connectivity index (χ1v) is 0. The molecule has 7 nitrogen and oxygen atoms in total. The molecule has 0 aromatic carbocycles. The molecule has 0 aliphatic rings. The van der Waals surface area contributed by atoms with Gasteiger partial charge in [-0.15, -0.1) is 0 Å². The van der Waals surface area contributed by atoms with Crippen LogP contribution in [-0.4, -0.2) is 136 Å². The molecular weight excluding hydrogens is 728 g/mol. The molecule has 99 valence electrons. The van der Waals surface area contributed by atoms with Crippen LogP contribution in [0.25, 0.3) is 0 Å². The minimum absolute atomic E-state index is 0. The SMILES string of the molecule is O.O.O.O.O.O.O.[Ba].[Ba].[Cu].[Cu].[Cu].[Sm]. The Hall–Kier alpha value is 5.76. The summed E-state index contributed by atoms with van der Waals surface area (Å²) in [7, 11) is 0. The minimum Gasteiger partial charge on any atom is -0.412 e. The Kier molecular flexibility index (Phi) is 2060. The molecule has 0 spiro atoms. The quantitative estimate of drug-likeness (QED) is 0.212. The zero-order valence-electron chi connectivity index (χ0n) is 6.23. The van der Waals surface area contributed by atoms with Crippen LogP contribution in [0.2, 0.25) is 0 Å². The zero-order chi connectivity index (χ0) is 0. The Morgan fingerprint density at radius 1 is 0.308 bits per heavy atom. The van der Waals surface area contributed by atoms with Gasteiger partial charge in [0.05, 0.1) is 0 Å². The normalized spacial score (nSPS) is 0. The average molecular weight is 742 g/mol. The van der Waals surface area contributed by atoms with Crippen molar-refractivity contribution in [2.45, 2.75) is 0 Å². The summed E-state index contributed by atoms with van der Waals surface area (Å²) in [5, 5.41) is 0.